The molecule has 13 heavy (non-hydrogen) atoms. The minimum Gasteiger partial charge on any atom is -0.332 e. The van der Waals surface area contributed by atoms with Gasteiger partial charge in [0.25, 0.3) is 5.91 Å². The van der Waals surface area contributed by atoms with Crippen molar-refractivity contribution in [2.75, 3.05) is 0 Å². The second-order valence-corrected chi connectivity index (χ2v) is 3.56. The van der Waals surface area contributed by atoms with Gasteiger partial charge < -0.3 is 4.90 Å². The van der Waals surface area contributed by atoms with Crippen LogP contribution in [0.2, 0.25) is 0 Å². The van der Waals surface area contributed by atoms with Crippen molar-refractivity contribution in [1.29, 1.82) is 0 Å². The second-order valence-electron chi connectivity index (χ2n) is 3.56. The Hall–Kier alpha value is -1.38. The fourth-order valence-electron chi connectivity index (χ4n) is 1.59. The fourth-order valence-corrected chi connectivity index (χ4v) is 1.59. The predicted molar refractivity (Wildman–Crippen MR) is 49.2 cm³/mol. The first-order valence-corrected chi connectivity index (χ1v) is 4.44. The molecule has 68 valence electrons. The van der Waals surface area contributed by atoms with E-state index < -0.39 is 0 Å². The quantitative estimate of drug-likeness (QED) is 0.648. The Morgan fingerprint density at radius 2 is 2.31 bits per heavy atom. The molecule has 1 aromatic heterocycles. The summed E-state index contributed by atoms with van der Waals surface area (Å²) < 4.78 is 0. The first-order chi connectivity index (χ1) is 6.20. The Morgan fingerprint density at radius 1 is 1.54 bits per heavy atom. The third kappa shape index (κ3) is 1.20. The summed E-state index contributed by atoms with van der Waals surface area (Å²) in [4.78, 5) is 17.6. The van der Waals surface area contributed by atoms with E-state index in [2.05, 4.69) is 4.98 Å². The molecule has 1 aliphatic rings. The van der Waals surface area contributed by atoms with Crippen molar-refractivity contribution < 1.29 is 4.79 Å². The van der Waals surface area contributed by atoms with Crippen LogP contribution in [0.4, 0.5) is 0 Å². The molecule has 1 amide bonds. The summed E-state index contributed by atoms with van der Waals surface area (Å²) >= 11 is 0. The van der Waals surface area contributed by atoms with E-state index in [9.17, 15) is 4.79 Å². The van der Waals surface area contributed by atoms with Crippen molar-refractivity contribution in [2.45, 2.75) is 26.4 Å². The van der Waals surface area contributed by atoms with Gasteiger partial charge in [0.2, 0.25) is 0 Å². The summed E-state index contributed by atoms with van der Waals surface area (Å²) in [6, 6.07) is 2.06. The Labute approximate surface area is 77.4 Å². The number of amides is 1. The summed E-state index contributed by atoms with van der Waals surface area (Å²) in [6.45, 7) is 4.76. The molecular weight excluding hydrogens is 164 g/mol. The van der Waals surface area contributed by atoms with Gasteiger partial charge in [-0.2, -0.15) is 0 Å². The van der Waals surface area contributed by atoms with Crippen molar-refractivity contribution in [2.24, 2.45) is 0 Å². The SMILES string of the molecule is CC(C)N1Cc2cnccc2C1=O. The van der Waals surface area contributed by atoms with Crippen LogP contribution in [0, 0.1) is 0 Å². The van der Waals surface area contributed by atoms with Crippen LogP contribution in [0.25, 0.3) is 0 Å². The molecule has 0 unspecified atom stereocenters. The highest BCUT2D eigenvalue weighted by Crippen LogP contribution is 2.22. The highest BCUT2D eigenvalue weighted by Gasteiger charge is 2.28. The highest BCUT2D eigenvalue weighted by molar-refractivity contribution is 5.98. The van der Waals surface area contributed by atoms with E-state index in [0.717, 1.165) is 11.1 Å². The maximum absolute atomic E-state index is 11.7. The maximum atomic E-state index is 11.7. The lowest BCUT2D eigenvalue weighted by Gasteiger charge is -2.19. The van der Waals surface area contributed by atoms with Crippen molar-refractivity contribution >= 4 is 5.91 Å². The molecule has 0 saturated heterocycles. The van der Waals surface area contributed by atoms with Gasteiger partial charge in [-0.3, -0.25) is 9.78 Å². The van der Waals surface area contributed by atoms with Crippen LogP contribution in [0.5, 0.6) is 0 Å². The molecule has 2 rings (SSSR count). The van der Waals surface area contributed by atoms with E-state index in [1.54, 1.807) is 18.5 Å². The average molecular weight is 176 g/mol. The van der Waals surface area contributed by atoms with Gasteiger partial charge in [0.15, 0.2) is 0 Å². The van der Waals surface area contributed by atoms with Gasteiger partial charge in [0.1, 0.15) is 0 Å². The number of carbonyl (C=O) groups is 1. The van der Waals surface area contributed by atoms with Gasteiger partial charge in [-0.25, -0.2) is 0 Å². The predicted octanol–water partition coefficient (Wildman–Crippen LogP) is 1.45. The highest BCUT2D eigenvalue weighted by atomic mass is 16.2. The molecule has 2 heterocycles. The zero-order chi connectivity index (χ0) is 9.42. The first-order valence-electron chi connectivity index (χ1n) is 4.44. The van der Waals surface area contributed by atoms with E-state index in [1.807, 2.05) is 18.7 Å². The molecule has 0 radical (unpaired) electrons. The molecule has 0 bridgehead atoms. The van der Waals surface area contributed by atoms with Crippen molar-refractivity contribution in [3.63, 3.8) is 0 Å². The first kappa shape index (κ1) is 8.23. The number of hydrogen-bond donors (Lipinski definition) is 0. The Kier molecular flexibility index (Phi) is 1.79. The number of fused-ring (bicyclic) bond motifs is 1. The monoisotopic (exact) mass is 176 g/mol. The van der Waals surface area contributed by atoms with E-state index in [0.29, 0.717) is 6.54 Å². The molecule has 3 nitrogen and oxygen atoms in total. The van der Waals surface area contributed by atoms with Crippen LogP contribution in [-0.2, 0) is 6.54 Å². The van der Waals surface area contributed by atoms with Crippen molar-refractivity contribution in [3.8, 4) is 0 Å². The van der Waals surface area contributed by atoms with Gasteiger partial charge >= 0.3 is 0 Å². The zero-order valence-electron chi connectivity index (χ0n) is 7.82. The summed E-state index contributed by atoms with van der Waals surface area (Å²) in [5.74, 6) is 0.132. The molecule has 0 spiro atoms. The number of rotatable bonds is 1. The molecule has 3 heteroatoms. The maximum Gasteiger partial charge on any atom is 0.254 e. The number of hydrogen-bond acceptors (Lipinski definition) is 2. The number of aromatic nitrogens is 1. The summed E-state index contributed by atoms with van der Waals surface area (Å²) in [5, 5.41) is 0. The van der Waals surface area contributed by atoms with Gasteiger partial charge in [-0.1, -0.05) is 0 Å². The molecule has 0 aromatic carbocycles. The van der Waals surface area contributed by atoms with Crippen LogP contribution < -0.4 is 0 Å². The summed E-state index contributed by atoms with van der Waals surface area (Å²) in [7, 11) is 0. The molecule has 0 saturated carbocycles. The molecule has 0 aliphatic carbocycles. The van der Waals surface area contributed by atoms with Gasteiger partial charge in [-0.15, -0.1) is 0 Å². The van der Waals surface area contributed by atoms with Crippen LogP contribution in [0.3, 0.4) is 0 Å². The lowest BCUT2D eigenvalue weighted by atomic mass is 10.2. The Morgan fingerprint density at radius 3 is 2.92 bits per heavy atom. The largest absolute Gasteiger partial charge is 0.332 e. The molecule has 1 aliphatic heterocycles. The van der Waals surface area contributed by atoms with Crippen LogP contribution in [-0.4, -0.2) is 21.8 Å². The van der Waals surface area contributed by atoms with Gasteiger partial charge in [0.05, 0.1) is 0 Å². The summed E-state index contributed by atoms with van der Waals surface area (Å²) in [6.07, 6.45) is 3.44. The van der Waals surface area contributed by atoms with Crippen molar-refractivity contribution in [3.05, 3.63) is 29.6 Å². The fraction of sp³-hybridized carbons (Fsp3) is 0.400. The minimum atomic E-state index is 0.132. The van der Waals surface area contributed by atoms with E-state index in [1.165, 1.54) is 0 Å². The molecule has 0 fully saturated rings. The normalized spacial score (nSPS) is 15.3. The Balaban J connectivity index is 2.38. The average Bonchev–Trinajstić information content (AvgIpc) is 2.45. The van der Waals surface area contributed by atoms with Gasteiger partial charge in [0, 0.05) is 36.1 Å². The minimum absolute atomic E-state index is 0.132. The standard InChI is InChI=1S/C10H12N2O/c1-7(2)12-6-8-5-11-4-3-9(8)10(12)13/h3-5,7H,6H2,1-2H3. The lowest BCUT2D eigenvalue weighted by molar-refractivity contribution is 0.0730. The van der Waals surface area contributed by atoms with Crippen LogP contribution in [0.1, 0.15) is 29.8 Å². The number of carbonyl (C=O) groups excluding carboxylic acids is 1. The van der Waals surface area contributed by atoms with E-state index in [-0.39, 0.29) is 11.9 Å². The Bertz CT molecular complexity index is 347. The zero-order valence-corrected chi connectivity index (χ0v) is 7.82. The molecule has 0 atom stereocenters. The molecular formula is C10H12N2O. The van der Waals surface area contributed by atoms with Crippen LogP contribution in [0.15, 0.2) is 18.5 Å². The topological polar surface area (TPSA) is 33.2 Å². The summed E-state index contributed by atoms with van der Waals surface area (Å²) in [5.41, 5.74) is 1.85. The van der Waals surface area contributed by atoms with E-state index in [4.69, 9.17) is 0 Å². The second kappa shape index (κ2) is 2.83. The molecule has 0 N–H and O–H groups in total. The van der Waals surface area contributed by atoms with Crippen LogP contribution >= 0.6 is 0 Å². The smallest absolute Gasteiger partial charge is 0.254 e. The molecule has 1 aromatic rings. The lowest BCUT2D eigenvalue weighted by Crippen LogP contribution is -2.30. The van der Waals surface area contributed by atoms with Crippen molar-refractivity contribution in [1.82, 2.24) is 9.88 Å². The van der Waals surface area contributed by atoms with E-state index >= 15 is 0 Å². The third-order valence-corrected chi connectivity index (χ3v) is 2.36. The third-order valence-electron chi connectivity index (χ3n) is 2.36. The van der Waals surface area contributed by atoms with Gasteiger partial charge in [-0.05, 0) is 19.9 Å². The number of nitrogens with zero attached hydrogens (tertiary/aromatic N) is 2. The number of pyridine rings is 1.